The SMILES string of the molecule is O=C1CCCC2=C1C(c1ccc(F)c(I)c1)C1SCCC1=N2. The van der Waals surface area contributed by atoms with E-state index in [4.69, 9.17) is 4.99 Å². The van der Waals surface area contributed by atoms with E-state index in [2.05, 4.69) is 0 Å². The number of halogens is 2. The summed E-state index contributed by atoms with van der Waals surface area (Å²) >= 11 is 3.91. The van der Waals surface area contributed by atoms with Crippen molar-refractivity contribution in [1.29, 1.82) is 0 Å². The van der Waals surface area contributed by atoms with Crippen LogP contribution in [-0.2, 0) is 4.79 Å². The van der Waals surface area contributed by atoms with Gasteiger partial charge in [-0.2, -0.15) is 11.8 Å². The molecule has 0 radical (unpaired) electrons. The van der Waals surface area contributed by atoms with Crippen LogP contribution >= 0.6 is 34.4 Å². The standard InChI is InChI=1S/C17H15FINOS/c18-10-5-4-9(8-11(10)19)15-16-12(2-1-3-14(16)21)20-13-6-7-22-17(13)15/h4-5,8,15,17H,1-3,6-7H2. The highest BCUT2D eigenvalue weighted by Gasteiger charge is 2.42. The van der Waals surface area contributed by atoms with Gasteiger partial charge in [-0.1, -0.05) is 6.07 Å². The Hall–Kier alpha value is -0.690. The van der Waals surface area contributed by atoms with E-state index in [1.807, 2.05) is 46.5 Å². The lowest BCUT2D eigenvalue weighted by Crippen LogP contribution is -2.32. The van der Waals surface area contributed by atoms with Gasteiger partial charge in [0.1, 0.15) is 5.82 Å². The molecule has 1 aliphatic carbocycles. The number of hydrogen-bond acceptors (Lipinski definition) is 3. The number of carbonyl (C=O) groups is 1. The Bertz CT molecular complexity index is 727. The zero-order valence-corrected chi connectivity index (χ0v) is 14.9. The second-order valence-electron chi connectivity index (χ2n) is 5.93. The van der Waals surface area contributed by atoms with E-state index in [0.717, 1.165) is 41.8 Å². The Morgan fingerprint density at radius 2 is 2.14 bits per heavy atom. The first-order valence-corrected chi connectivity index (χ1v) is 9.68. The van der Waals surface area contributed by atoms with Crippen LogP contribution < -0.4 is 0 Å². The molecule has 0 spiro atoms. The molecule has 1 aromatic rings. The van der Waals surface area contributed by atoms with Crippen LogP contribution in [0.5, 0.6) is 0 Å². The second-order valence-corrected chi connectivity index (χ2v) is 8.34. The smallest absolute Gasteiger partial charge is 0.161 e. The van der Waals surface area contributed by atoms with Crippen molar-refractivity contribution in [3.05, 3.63) is 44.4 Å². The highest BCUT2D eigenvalue weighted by atomic mass is 127. The number of fused-ring (bicyclic) bond motifs is 1. The number of nitrogens with zero attached hydrogens (tertiary/aromatic N) is 1. The summed E-state index contributed by atoms with van der Waals surface area (Å²) in [5.41, 5.74) is 4.18. The van der Waals surface area contributed by atoms with Gasteiger partial charge in [0.05, 0.1) is 5.25 Å². The number of thioether (sulfide) groups is 1. The largest absolute Gasteiger partial charge is 0.294 e. The van der Waals surface area contributed by atoms with Crippen LogP contribution in [0.4, 0.5) is 4.39 Å². The predicted octanol–water partition coefficient (Wildman–Crippen LogP) is 4.48. The van der Waals surface area contributed by atoms with E-state index in [1.54, 1.807) is 0 Å². The number of ketones is 1. The van der Waals surface area contributed by atoms with Gasteiger partial charge in [0, 0.05) is 32.9 Å². The van der Waals surface area contributed by atoms with Gasteiger partial charge in [-0.15, -0.1) is 0 Å². The molecule has 0 aromatic heterocycles. The lowest BCUT2D eigenvalue weighted by atomic mass is 9.77. The first-order chi connectivity index (χ1) is 10.6. The molecule has 0 bridgehead atoms. The minimum absolute atomic E-state index is 0.0527. The average Bonchev–Trinajstić information content (AvgIpc) is 2.96. The average molecular weight is 427 g/mol. The summed E-state index contributed by atoms with van der Waals surface area (Å²) in [6.07, 6.45) is 3.43. The number of carbonyl (C=O) groups excluding carboxylic acids is 1. The van der Waals surface area contributed by atoms with Gasteiger partial charge in [-0.05, 0) is 65.3 Å². The number of rotatable bonds is 1. The summed E-state index contributed by atoms with van der Waals surface area (Å²) in [7, 11) is 0. The maximum absolute atomic E-state index is 13.6. The van der Waals surface area contributed by atoms with Crippen molar-refractivity contribution in [3.63, 3.8) is 0 Å². The van der Waals surface area contributed by atoms with Gasteiger partial charge in [-0.25, -0.2) is 4.39 Å². The minimum atomic E-state index is -0.197. The van der Waals surface area contributed by atoms with Crippen molar-refractivity contribution in [3.8, 4) is 0 Å². The number of allylic oxidation sites excluding steroid dienone is 2. The van der Waals surface area contributed by atoms with Crippen LogP contribution in [0.15, 0.2) is 34.5 Å². The van der Waals surface area contributed by atoms with E-state index in [9.17, 15) is 9.18 Å². The van der Waals surface area contributed by atoms with Crippen LogP contribution in [0, 0.1) is 9.39 Å². The molecular weight excluding hydrogens is 412 g/mol. The van der Waals surface area contributed by atoms with Crippen LogP contribution in [0.25, 0.3) is 0 Å². The fourth-order valence-electron chi connectivity index (χ4n) is 3.62. The minimum Gasteiger partial charge on any atom is -0.294 e. The molecule has 2 unspecified atom stereocenters. The normalized spacial score (nSPS) is 27.5. The molecule has 1 saturated heterocycles. The van der Waals surface area contributed by atoms with E-state index >= 15 is 0 Å². The molecule has 114 valence electrons. The van der Waals surface area contributed by atoms with E-state index in [-0.39, 0.29) is 22.8 Å². The number of benzene rings is 1. The summed E-state index contributed by atoms with van der Waals surface area (Å²) < 4.78 is 14.2. The molecule has 4 rings (SSSR count). The molecule has 1 fully saturated rings. The number of hydrogen-bond donors (Lipinski definition) is 0. The van der Waals surface area contributed by atoms with Gasteiger partial charge >= 0.3 is 0 Å². The third-order valence-corrected chi connectivity index (χ3v) is 6.78. The molecule has 3 aliphatic rings. The molecular formula is C17H15FINOS. The zero-order chi connectivity index (χ0) is 15.3. The lowest BCUT2D eigenvalue weighted by molar-refractivity contribution is -0.116. The highest BCUT2D eigenvalue weighted by molar-refractivity contribution is 14.1. The fraction of sp³-hybridized carbons (Fsp3) is 0.412. The van der Waals surface area contributed by atoms with Crippen LogP contribution in [-0.4, -0.2) is 22.5 Å². The molecule has 0 amide bonds. The highest BCUT2D eigenvalue weighted by Crippen LogP contribution is 2.47. The molecule has 22 heavy (non-hydrogen) atoms. The molecule has 0 saturated carbocycles. The van der Waals surface area contributed by atoms with Crippen LogP contribution in [0.1, 0.15) is 37.2 Å². The molecule has 1 aromatic carbocycles. The van der Waals surface area contributed by atoms with Crippen molar-refractivity contribution in [2.45, 2.75) is 36.9 Å². The molecule has 2 atom stereocenters. The third kappa shape index (κ3) is 2.37. The van der Waals surface area contributed by atoms with Crippen molar-refractivity contribution in [1.82, 2.24) is 0 Å². The summed E-state index contributed by atoms with van der Waals surface area (Å²) in [5, 5.41) is 0.252. The van der Waals surface area contributed by atoms with Gasteiger partial charge in [0.15, 0.2) is 5.78 Å². The molecule has 2 nitrogen and oxygen atoms in total. The maximum atomic E-state index is 13.6. The van der Waals surface area contributed by atoms with Gasteiger partial charge in [0.25, 0.3) is 0 Å². The molecule has 2 heterocycles. The van der Waals surface area contributed by atoms with E-state index in [0.29, 0.717) is 9.99 Å². The van der Waals surface area contributed by atoms with Crippen LogP contribution in [0.2, 0.25) is 0 Å². The lowest BCUT2D eigenvalue weighted by Gasteiger charge is -2.33. The predicted molar refractivity (Wildman–Crippen MR) is 96.0 cm³/mol. The third-order valence-electron chi connectivity index (χ3n) is 4.61. The van der Waals surface area contributed by atoms with E-state index < -0.39 is 0 Å². The quantitative estimate of drug-likeness (QED) is 0.619. The van der Waals surface area contributed by atoms with Crippen molar-refractivity contribution in [2.75, 3.05) is 5.75 Å². The second kappa shape index (κ2) is 5.74. The Morgan fingerprint density at radius 3 is 2.95 bits per heavy atom. The summed E-state index contributed by atoms with van der Waals surface area (Å²) in [4.78, 5) is 17.4. The van der Waals surface area contributed by atoms with Crippen molar-refractivity contribution >= 4 is 45.8 Å². The van der Waals surface area contributed by atoms with Gasteiger partial charge < -0.3 is 0 Å². The van der Waals surface area contributed by atoms with Crippen LogP contribution in [0.3, 0.4) is 0 Å². The zero-order valence-electron chi connectivity index (χ0n) is 11.9. The number of aliphatic imine (C=N–C) groups is 1. The summed E-state index contributed by atoms with van der Waals surface area (Å²) in [5.74, 6) is 1.16. The fourth-order valence-corrected chi connectivity index (χ4v) is 5.59. The first kappa shape index (κ1) is 14.9. The molecule has 2 aliphatic heterocycles. The Morgan fingerprint density at radius 1 is 1.27 bits per heavy atom. The number of Topliss-reactive ketones (excluding diaryl/α,β-unsaturated/α-hetero) is 1. The molecule has 0 N–H and O–H groups in total. The van der Waals surface area contributed by atoms with Gasteiger partial charge in [0.2, 0.25) is 0 Å². The van der Waals surface area contributed by atoms with E-state index in [1.165, 1.54) is 11.8 Å². The Balaban J connectivity index is 1.87. The summed E-state index contributed by atoms with van der Waals surface area (Å²) in [6, 6.07) is 5.26. The molecule has 5 heteroatoms. The monoisotopic (exact) mass is 427 g/mol. The Kier molecular flexibility index (Phi) is 3.88. The summed E-state index contributed by atoms with van der Waals surface area (Å²) in [6.45, 7) is 0. The first-order valence-electron chi connectivity index (χ1n) is 7.55. The Labute approximate surface area is 146 Å². The van der Waals surface area contributed by atoms with Gasteiger partial charge in [-0.3, -0.25) is 9.79 Å². The van der Waals surface area contributed by atoms with Crippen molar-refractivity contribution in [2.24, 2.45) is 4.99 Å². The maximum Gasteiger partial charge on any atom is 0.161 e. The topological polar surface area (TPSA) is 29.4 Å². The van der Waals surface area contributed by atoms with Crippen molar-refractivity contribution < 1.29 is 9.18 Å².